The van der Waals surface area contributed by atoms with E-state index >= 15 is 0 Å². The zero-order valence-corrected chi connectivity index (χ0v) is 14.6. The Morgan fingerprint density at radius 1 is 1.30 bits per heavy atom. The van der Waals surface area contributed by atoms with Crippen LogP contribution in [0.15, 0.2) is 12.3 Å². The minimum absolute atomic E-state index is 0.0489. The fourth-order valence-electron chi connectivity index (χ4n) is 3.18. The van der Waals surface area contributed by atoms with Gasteiger partial charge >= 0.3 is 0 Å². The Morgan fingerprint density at radius 2 is 2.00 bits per heavy atom. The lowest BCUT2D eigenvalue weighted by atomic mass is 10.1. The van der Waals surface area contributed by atoms with Gasteiger partial charge in [-0.25, -0.2) is 22.6 Å². The third kappa shape index (κ3) is 3.88. The summed E-state index contributed by atoms with van der Waals surface area (Å²) in [4.78, 5) is 6.94. The zero-order valence-electron chi connectivity index (χ0n) is 13.8. The van der Waals surface area contributed by atoms with E-state index in [1.54, 1.807) is 0 Å². The minimum atomic E-state index is -3.12. The van der Waals surface area contributed by atoms with E-state index in [-0.39, 0.29) is 6.04 Å². The van der Waals surface area contributed by atoms with Crippen molar-refractivity contribution in [3.8, 4) is 0 Å². The smallest absolute Gasteiger partial charge is 0.208 e. The fraction of sp³-hybridized carbons (Fsp3) is 0.600. The highest BCUT2D eigenvalue weighted by molar-refractivity contribution is 7.88. The molecule has 0 saturated carbocycles. The van der Waals surface area contributed by atoms with Crippen molar-refractivity contribution in [2.24, 2.45) is 0 Å². The third-order valence-corrected chi connectivity index (χ3v) is 4.97. The predicted molar refractivity (Wildman–Crippen MR) is 88.7 cm³/mol. The maximum absolute atomic E-state index is 11.3. The van der Waals surface area contributed by atoms with Crippen molar-refractivity contribution in [1.82, 2.24) is 24.2 Å². The van der Waals surface area contributed by atoms with Crippen molar-refractivity contribution in [2.75, 3.05) is 19.3 Å². The first-order valence-corrected chi connectivity index (χ1v) is 9.71. The highest BCUT2D eigenvalue weighted by atomic mass is 32.2. The van der Waals surface area contributed by atoms with Crippen LogP contribution in [-0.4, -0.2) is 53.3 Å². The first-order chi connectivity index (χ1) is 10.8. The average Bonchev–Trinajstić information content (AvgIpc) is 2.83. The summed E-state index contributed by atoms with van der Waals surface area (Å²) in [5.74, 6) is 0. The summed E-state index contributed by atoms with van der Waals surface area (Å²) in [5.41, 5.74) is 4.10. The molecule has 0 aliphatic carbocycles. The van der Waals surface area contributed by atoms with Crippen LogP contribution in [0.25, 0.3) is 5.65 Å². The Labute approximate surface area is 136 Å². The van der Waals surface area contributed by atoms with Gasteiger partial charge in [0.15, 0.2) is 5.65 Å². The molecule has 1 N–H and O–H groups in total. The highest BCUT2D eigenvalue weighted by Crippen LogP contribution is 2.18. The molecule has 0 aromatic carbocycles. The number of hydrogen-bond donors (Lipinski definition) is 1. The van der Waals surface area contributed by atoms with E-state index < -0.39 is 10.0 Å². The van der Waals surface area contributed by atoms with E-state index in [1.807, 2.05) is 30.6 Å². The van der Waals surface area contributed by atoms with Crippen LogP contribution in [-0.2, 0) is 16.6 Å². The summed E-state index contributed by atoms with van der Waals surface area (Å²) in [6.07, 6.45) is 4.76. The molecule has 0 radical (unpaired) electrons. The van der Waals surface area contributed by atoms with Gasteiger partial charge in [0.1, 0.15) is 0 Å². The van der Waals surface area contributed by atoms with Crippen LogP contribution in [0.2, 0.25) is 0 Å². The number of piperidine rings is 1. The molecule has 1 fully saturated rings. The molecule has 0 unspecified atom stereocenters. The Morgan fingerprint density at radius 3 is 2.65 bits per heavy atom. The topological polar surface area (TPSA) is 79.6 Å². The van der Waals surface area contributed by atoms with Crippen molar-refractivity contribution in [1.29, 1.82) is 0 Å². The van der Waals surface area contributed by atoms with Crippen LogP contribution in [0, 0.1) is 13.8 Å². The molecule has 1 saturated heterocycles. The van der Waals surface area contributed by atoms with E-state index in [2.05, 4.69) is 19.7 Å². The van der Waals surface area contributed by atoms with E-state index in [4.69, 9.17) is 0 Å². The van der Waals surface area contributed by atoms with E-state index in [9.17, 15) is 8.42 Å². The number of hydrogen-bond acceptors (Lipinski definition) is 5. The maximum Gasteiger partial charge on any atom is 0.208 e. The second-order valence-corrected chi connectivity index (χ2v) is 8.16. The van der Waals surface area contributed by atoms with Crippen molar-refractivity contribution >= 4 is 15.7 Å². The molecule has 0 amide bonds. The molecule has 3 heterocycles. The van der Waals surface area contributed by atoms with Gasteiger partial charge in [-0.2, -0.15) is 5.10 Å². The number of nitrogens with zero attached hydrogens (tertiary/aromatic N) is 4. The fourth-order valence-corrected chi connectivity index (χ4v) is 4.02. The normalized spacial score (nSPS) is 17.9. The molecule has 3 rings (SSSR count). The molecule has 126 valence electrons. The minimum Gasteiger partial charge on any atom is -0.299 e. The summed E-state index contributed by atoms with van der Waals surface area (Å²) in [5, 5.41) is 4.42. The number of fused-ring (bicyclic) bond motifs is 1. The van der Waals surface area contributed by atoms with Crippen molar-refractivity contribution in [3.63, 3.8) is 0 Å². The molecule has 0 atom stereocenters. The quantitative estimate of drug-likeness (QED) is 0.895. The second-order valence-electron chi connectivity index (χ2n) is 6.38. The molecule has 7 nitrogen and oxygen atoms in total. The van der Waals surface area contributed by atoms with Gasteiger partial charge in [0.2, 0.25) is 10.0 Å². The number of nitrogens with one attached hydrogen (secondary N) is 1. The molecule has 1 aliphatic rings. The van der Waals surface area contributed by atoms with Crippen LogP contribution in [0.3, 0.4) is 0 Å². The van der Waals surface area contributed by atoms with Crippen molar-refractivity contribution in [2.45, 2.75) is 39.3 Å². The molecule has 23 heavy (non-hydrogen) atoms. The van der Waals surface area contributed by atoms with Gasteiger partial charge in [-0.3, -0.25) is 4.90 Å². The molecule has 0 spiro atoms. The van der Waals surface area contributed by atoms with Crippen LogP contribution in [0.1, 0.15) is 29.8 Å². The average molecular weight is 337 g/mol. The number of aromatic nitrogens is 3. The molecular weight excluding hydrogens is 314 g/mol. The Bertz CT molecular complexity index is 807. The zero-order chi connectivity index (χ0) is 16.6. The van der Waals surface area contributed by atoms with Gasteiger partial charge in [-0.1, -0.05) is 0 Å². The van der Waals surface area contributed by atoms with Gasteiger partial charge in [0.25, 0.3) is 0 Å². The molecular formula is C15H23N5O2S. The summed E-state index contributed by atoms with van der Waals surface area (Å²) in [6.45, 7) is 6.56. The lowest BCUT2D eigenvalue weighted by Gasteiger charge is -2.31. The van der Waals surface area contributed by atoms with Crippen LogP contribution < -0.4 is 4.72 Å². The lowest BCUT2D eigenvalue weighted by molar-refractivity contribution is 0.200. The van der Waals surface area contributed by atoms with E-state index in [1.165, 1.54) is 6.26 Å². The molecule has 8 heteroatoms. The van der Waals surface area contributed by atoms with Crippen LogP contribution >= 0.6 is 0 Å². The van der Waals surface area contributed by atoms with Crippen molar-refractivity contribution in [3.05, 3.63) is 29.2 Å². The largest absolute Gasteiger partial charge is 0.299 e. The third-order valence-electron chi connectivity index (χ3n) is 4.21. The Balaban J connectivity index is 1.68. The molecule has 0 bridgehead atoms. The first-order valence-electron chi connectivity index (χ1n) is 7.82. The summed E-state index contributed by atoms with van der Waals surface area (Å²) < 4.78 is 27.2. The SMILES string of the molecule is Cc1cc(C)n2ncc(CN3CCC(NS(C)(=O)=O)CC3)c2n1. The highest BCUT2D eigenvalue weighted by Gasteiger charge is 2.22. The lowest BCUT2D eigenvalue weighted by Crippen LogP contribution is -2.43. The maximum atomic E-state index is 11.3. The van der Waals surface area contributed by atoms with E-state index in [0.29, 0.717) is 0 Å². The number of likely N-dealkylation sites (tertiary alicyclic amines) is 1. The number of sulfonamides is 1. The Kier molecular flexibility index (Phi) is 4.39. The van der Waals surface area contributed by atoms with Gasteiger partial charge < -0.3 is 0 Å². The Hall–Kier alpha value is -1.51. The van der Waals surface area contributed by atoms with Gasteiger partial charge in [-0.15, -0.1) is 0 Å². The number of rotatable bonds is 4. The standard InChI is InChI=1S/C15H23N5O2S/c1-11-8-12(2)20-15(17-11)13(9-16-20)10-19-6-4-14(5-7-19)18-23(3,21)22/h8-9,14,18H,4-7,10H2,1-3H3. The van der Waals surface area contributed by atoms with Gasteiger partial charge in [0, 0.05) is 42.6 Å². The monoisotopic (exact) mass is 337 g/mol. The predicted octanol–water partition coefficient (Wildman–Crippen LogP) is 0.860. The van der Waals surface area contributed by atoms with E-state index in [0.717, 1.165) is 55.1 Å². The van der Waals surface area contributed by atoms with Gasteiger partial charge in [-0.05, 0) is 32.8 Å². The molecule has 2 aromatic rings. The summed E-state index contributed by atoms with van der Waals surface area (Å²) >= 11 is 0. The first kappa shape index (κ1) is 16.4. The summed E-state index contributed by atoms with van der Waals surface area (Å²) in [7, 11) is -3.12. The number of aryl methyl sites for hydroxylation is 2. The summed E-state index contributed by atoms with van der Waals surface area (Å²) in [6, 6.07) is 2.07. The van der Waals surface area contributed by atoms with Gasteiger partial charge in [0.05, 0.1) is 12.5 Å². The van der Waals surface area contributed by atoms with Crippen LogP contribution in [0.4, 0.5) is 0 Å². The van der Waals surface area contributed by atoms with Crippen molar-refractivity contribution < 1.29 is 8.42 Å². The molecule has 1 aliphatic heterocycles. The van der Waals surface area contributed by atoms with Crippen LogP contribution in [0.5, 0.6) is 0 Å². The molecule has 2 aromatic heterocycles. The second kappa shape index (κ2) is 6.18.